The molecule has 0 spiro atoms. The van der Waals surface area contributed by atoms with Crippen molar-refractivity contribution in [2.75, 3.05) is 26.8 Å². The maximum atomic E-state index is 5.94. The van der Waals surface area contributed by atoms with Gasteiger partial charge in [-0.3, -0.25) is 0 Å². The molecule has 1 aromatic heterocycles. The quantitative estimate of drug-likeness (QED) is 0.483. The summed E-state index contributed by atoms with van der Waals surface area (Å²) in [6, 6.07) is 11.4. The molecule has 2 rings (SSSR count). The van der Waals surface area contributed by atoms with E-state index >= 15 is 0 Å². The second-order valence-corrected chi connectivity index (χ2v) is 6.12. The Kier molecular flexibility index (Phi) is 8.91. The second kappa shape index (κ2) is 11.7. The molecule has 0 saturated carbocycles. The Morgan fingerprint density at radius 2 is 1.96 bits per heavy atom. The van der Waals surface area contributed by atoms with E-state index in [9.17, 15) is 0 Å². The Balaban J connectivity index is 1.90. The highest BCUT2D eigenvalue weighted by Gasteiger charge is 2.07. The lowest BCUT2D eigenvalue weighted by Gasteiger charge is -2.18. The van der Waals surface area contributed by atoms with Crippen LogP contribution in [-0.4, -0.2) is 43.9 Å². The number of aliphatic imine (C=N–C) groups is 1. The molecule has 1 atom stereocenters. The Bertz CT molecular complexity index is 752. The first-order chi connectivity index (χ1) is 13.6. The summed E-state index contributed by atoms with van der Waals surface area (Å²) in [7, 11) is 1.64. The number of nitrogens with zero attached hydrogens (tertiary/aromatic N) is 2. The molecule has 7 heteroatoms. The first-order valence-corrected chi connectivity index (χ1v) is 9.55. The van der Waals surface area contributed by atoms with Crippen LogP contribution in [0.5, 0.6) is 17.4 Å². The number of hydrogen-bond donors (Lipinski definition) is 2. The molecular formula is C21H30N4O3. The number of guanidine groups is 1. The van der Waals surface area contributed by atoms with Crippen molar-refractivity contribution in [3.05, 3.63) is 48.2 Å². The summed E-state index contributed by atoms with van der Waals surface area (Å²) < 4.78 is 16.6. The second-order valence-electron chi connectivity index (χ2n) is 6.12. The Hall–Kier alpha value is -2.96. The molecular weight excluding hydrogens is 356 g/mol. The van der Waals surface area contributed by atoms with E-state index < -0.39 is 0 Å². The first-order valence-electron chi connectivity index (χ1n) is 9.55. The lowest BCUT2D eigenvalue weighted by Crippen LogP contribution is -2.41. The summed E-state index contributed by atoms with van der Waals surface area (Å²) in [6.07, 6.45) is 1.70. The number of hydrogen-bond acceptors (Lipinski definition) is 5. The predicted molar refractivity (Wildman–Crippen MR) is 111 cm³/mol. The minimum absolute atomic E-state index is 0.0403. The van der Waals surface area contributed by atoms with Gasteiger partial charge in [0.2, 0.25) is 5.88 Å². The maximum absolute atomic E-state index is 5.94. The molecule has 0 amide bonds. The van der Waals surface area contributed by atoms with Crippen LogP contribution in [0.15, 0.2) is 47.6 Å². The number of methoxy groups -OCH3 is 1. The van der Waals surface area contributed by atoms with Gasteiger partial charge in [-0.05, 0) is 44.5 Å². The van der Waals surface area contributed by atoms with Gasteiger partial charge in [-0.25, -0.2) is 9.98 Å². The SMILES string of the molecule is CCNC(=NCc1ccnc(OCC)c1)NCC(C)Oc1cccc(OC)c1. The fourth-order valence-corrected chi connectivity index (χ4v) is 2.48. The molecule has 1 aromatic carbocycles. The van der Waals surface area contributed by atoms with Gasteiger partial charge < -0.3 is 24.8 Å². The van der Waals surface area contributed by atoms with Crippen molar-refractivity contribution in [1.29, 1.82) is 0 Å². The zero-order valence-corrected chi connectivity index (χ0v) is 17.1. The van der Waals surface area contributed by atoms with Crippen LogP contribution in [0.4, 0.5) is 0 Å². The average Bonchev–Trinajstić information content (AvgIpc) is 2.71. The topological polar surface area (TPSA) is 77.0 Å². The summed E-state index contributed by atoms with van der Waals surface area (Å²) >= 11 is 0. The highest BCUT2D eigenvalue weighted by molar-refractivity contribution is 5.79. The number of rotatable bonds is 10. The number of ether oxygens (including phenoxy) is 3. The lowest BCUT2D eigenvalue weighted by atomic mass is 10.3. The molecule has 2 aromatic rings. The van der Waals surface area contributed by atoms with E-state index in [0.29, 0.717) is 25.6 Å². The van der Waals surface area contributed by atoms with Crippen LogP contribution >= 0.6 is 0 Å². The molecule has 2 N–H and O–H groups in total. The zero-order valence-electron chi connectivity index (χ0n) is 17.1. The van der Waals surface area contributed by atoms with Crippen LogP contribution in [0.25, 0.3) is 0 Å². The monoisotopic (exact) mass is 386 g/mol. The van der Waals surface area contributed by atoms with Crippen molar-refractivity contribution >= 4 is 5.96 Å². The van der Waals surface area contributed by atoms with E-state index in [1.807, 2.05) is 57.2 Å². The van der Waals surface area contributed by atoms with E-state index in [-0.39, 0.29) is 6.10 Å². The summed E-state index contributed by atoms with van der Waals surface area (Å²) in [5.74, 6) is 2.90. The van der Waals surface area contributed by atoms with Crippen molar-refractivity contribution < 1.29 is 14.2 Å². The molecule has 1 unspecified atom stereocenters. The number of nitrogens with one attached hydrogen (secondary N) is 2. The van der Waals surface area contributed by atoms with Crippen LogP contribution in [0, 0.1) is 0 Å². The molecule has 0 aliphatic heterocycles. The van der Waals surface area contributed by atoms with Gasteiger partial charge in [0.1, 0.15) is 17.6 Å². The lowest BCUT2D eigenvalue weighted by molar-refractivity contribution is 0.223. The Labute approximate surface area is 167 Å². The van der Waals surface area contributed by atoms with Gasteiger partial charge >= 0.3 is 0 Å². The van der Waals surface area contributed by atoms with Gasteiger partial charge in [0.25, 0.3) is 0 Å². The van der Waals surface area contributed by atoms with Crippen LogP contribution < -0.4 is 24.8 Å². The maximum Gasteiger partial charge on any atom is 0.213 e. The normalized spacial score (nSPS) is 12.2. The number of pyridine rings is 1. The van der Waals surface area contributed by atoms with Gasteiger partial charge in [0.15, 0.2) is 5.96 Å². The molecule has 0 aliphatic carbocycles. The van der Waals surface area contributed by atoms with Gasteiger partial charge in [-0.15, -0.1) is 0 Å². The van der Waals surface area contributed by atoms with Gasteiger partial charge in [-0.2, -0.15) is 0 Å². The average molecular weight is 386 g/mol. The zero-order chi connectivity index (χ0) is 20.2. The highest BCUT2D eigenvalue weighted by atomic mass is 16.5. The molecule has 28 heavy (non-hydrogen) atoms. The standard InChI is InChI=1S/C21H30N4O3/c1-5-22-21(25-15-17-10-11-23-20(12-17)27-6-2)24-14-16(3)28-19-9-7-8-18(13-19)26-4/h7-13,16H,5-6,14-15H2,1-4H3,(H2,22,24,25). The Morgan fingerprint density at radius 1 is 1.14 bits per heavy atom. The van der Waals surface area contributed by atoms with Crippen molar-refractivity contribution in [3.63, 3.8) is 0 Å². The van der Waals surface area contributed by atoms with Crippen LogP contribution in [-0.2, 0) is 6.54 Å². The highest BCUT2D eigenvalue weighted by Crippen LogP contribution is 2.19. The summed E-state index contributed by atoms with van der Waals surface area (Å²) in [5.41, 5.74) is 1.04. The van der Waals surface area contributed by atoms with Gasteiger partial charge in [-0.1, -0.05) is 6.07 Å². The number of aromatic nitrogens is 1. The summed E-state index contributed by atoms with van der Waals surface area (Å²) in [4.78, 5) is 8.80. The van der Waals surface area contributed by atoms with E-state index in [1.165, 1.54) is 0 Å². The third-order valence-corrected chi connectivity index (χ3v) is 3.79. The molecule has 0 saturated heterocycles. The molecule has 0 bridgehead atoms. The van der Waals surface area contributed by atoms with Crippen molar-refractivity contribution in [2.24, 2.45) is 4.99 Å². The molecule has 0 radical (unpaired) electrons. The third kappa shape index (κ3) is 7.34. The number of benzene rings is 1. The smallest absolute Gasteiger partial charge is 0.213 e. The van der Waals surface area contributed by atoms with Crippen molar-refractivity contribution in [2.45, 2.75) is 33.4 Å². The van der Waals surface area contributed by atoms with Crippen LogP contribution in [0.3, 0.4) is 0 Å². The van der Waals surface area contributed by atoms with Crippen molar-refractivity contribution in [3.8, 4) is 17.4 Å². The van der Waals surface area contributed by atoms with E-state index in [4.69, 9.17) is 14.2 Å². The Morgan fingerprint density at radius 3 is 2.71 bits per heavy atom. The molecule has 7 nitrogen and oxygen atoms in total. The van der Waals surface area contributed by atoms with E-state index in [2.05, 4.69) is 20.6 Å². The first kappa shape index (κ1) is 21.3. The fraction of sp³-hybridized carbons (Fsp3) is 0.429. The third-order valence-electron chi connectivity index (χ3n) is 3.79. The minimum atomic E-state index is -0.0403. The minimum Gasteiger partial charge on any atom is -0.497 e. The van der Waals surface area contributed by atoms with Crippen LogP contribution in [0.1, 0.15) is 26.3 Å². The summed E-state index contributed by atoms with van der Waals surface area (Å²) in [6.45, 7) is 8.49. The van der Waals surface area contributed by atoms with Gasteiger partial charge in [0.05, 0.1) is 26.8 Å². The van der Waals surface area contributed by atoms with Crippen LogP contribution in [0.2, 0.25) is 0 Å². The van der Waals surface area contributed by atoms with Crippen molar-refractivity contribution in [1.82, 2.24) is 15.6 Å². The molecule has 1 heterocycles. The van der Waals surface area contributed by atoms with E-state index in [1.54, 1.807) is 13.3 Å². The predicted octanol–water partition coefficient (Wildman–Crippen LogP) is 3.01. The molecule has 0 fully saturated rings. The molecule has 0 aliphatic rings. The van der Waals surface area contributed by atoms with E-state index in [0.717, 1.165) is 29.6 Å². The van der Waals surface area contributed by atoms with Gasteiger partial charge in [0, 0.05) is 24.9 Å². The molecule has 152 valence electrons. The largest absolute Gasteiger partial charge is 0.497 e. The fourth-order valence-electron chi connectivity index (χ4n) is 2.48. The summed E-state index contributed by atoms with van der Waals surface area (Å²) in [5, 5.41) is 6.56.